The van der Waals surface area contributed by atoms with Crippen molar-refractivity contribution in [2.75, 3.05) is 18.8 Å². The molecule has 0 fully saturated rings. The second kappa shape index (κ2) is 5.44. The van der Waals surface area contributed by atoms with Gasteiger partial charge in [-0.05, 0) is 31.2 Å². The predicted molar refractivity (Wildman–Crippen MR) is 72.4 cm³/mol. The molecule has 2 rings (SSSR count). The van der Waals surface area contributed by atoms with Gasteiger partial charge < -0.3 is 15.1 Å². The summed E-state index contributed by atoms with van der Waals surface area (Å²) in [5, 5.41) is 9.39. The van der Waals surface area contributed by atoms with Gasteiger partial charge in [-0.25, -0.2) is 0 Å². The summed E-state index contributed by atoms with van der Waals surface area (Å²) in [7, 11) is 0. The molecule has 19 heavy (non-hydrogen) atoms. The van der Waals surface area contributed by atoms with E-state index in [0.717, 1.165) is 5.39 Å². The summed E-state index contributed by atoms with van der Waals surface area (Å²) in [4.78, 5) is 13.8. The first-order chi connectivity index (χ1) is 9.15. The number of carbonyl (C=O) groups excluding carboxylic acids is 1. The van der Waals surface area contributed by atoms with Gasteiger partial charge in [0.15, 0.2) is 5.76 Å². The van der Waals surface area contributed by atoms with Gasteiger partial charge in [-0.15, -0.1) is 0 Å². The molecule has 1 amide bonds. The highest BCUT2D eigenvalue weighted by molar-refractivity contribution is 5.96. The Labute approximate surface area is 111 Å². The maximum absolute atomic E-state index is 12.2. The molecule has 0 aliphatic heterocycles. The Hall–Kier alpha value is -2.48. The first-order valence-corrected chi connectivity index (χ1v) is 6.11. The van der Waals surface area contributed by atoms with Crippen molar-refractivity contribution < 1.29 is 9.21 Å². The average Bonchev–Trinajstić information content (AvgIpc) is 2.82. The molecule has 5 nitrogen and oxygen atoms in total. The van der Waals surface area contributed by atoms with Gasteiger partial charge in [0.05, 0.1) is 12.5 Å². The summed E-state index contributed by atoms with van der Waals surface area (Å²) in [6, 6.07) is 8.95. The molecule has 2 N–H and O–H groups in total. The molecule has 0 spiro atoms. The topological polar surface area (TPSA) is 83.3 Å². The number of nitrogen functional groups attached to an aromatic ring is 1. The second-order valence-corrected chi connectivity index (χ2v) is 4.20. The molecular weight excluding hydrogens is 242 g/mol. The van der Waals surface area contributed by atoms with E-state index in [1.54, 1.807) is 29.2 Å². The first kappa shape index (κ1) is 13.0. The Morgan fingerprint density at radius 2 is 2.26 bits per heavy atom. The van der Waals surface area contributed by atoms with E-state index < -0.39 is 0 Å². The SMILES string of the molecule is CCN(CCC#N)C(=O)c1cc2cc(N)ccc2o1. The van der Waals surface area contributed by atoms with Crippen LogP contribution in [0.15, 0.2) is 28.7 Å². The number of fused-ring (bicyclic) bond motifs is 1. The van der Waals surface area contributed by atoms with E-state index in [4.69, 9.17) is 15.4 Å². The van der Waals surface area contributed by atoms with Crippen LogP contribution in [0.1, 0.15) is 23.9 Å². The highest BCUT2D eigenvalue weighted by Gasteiger charge is 2.18. The first-order valence-electron chi connectivity index (χ1n) is 6.11. The molecule has 0 bridgehead atoms. The molecule has 2 aromatic rings. The molecule has 98 valence electrons. The van der Waals surface area contributed by atoms with E-state index >= 15 is 0 Å². The summed E-state index contributed by atoms with van der Waals surface area (Å²) in [5.74, 6) is 0.0768. The molecule has 0 saturated carbocycles. The number of furan rings is 1. The van der Waals surface area contributed by atoms with Crippen molar-refractivity contribution in [3.05, 3.63) is 30.0 Å². The van der Waals surface area contributed by atoms with Crippen molar-refractivity contribution in [1.82, 2.24) is 4.90 Å². The van der Waals surface area contributed by atoms with Gasteiger partial charge in [0, 0.05) is 24.2 Å². The molecule has 0 radical (unpaired) electrons. The summed E-state index contributed by atoms with van der Waals surface area (Å²) in [6.45, 7) is 2.82. The molecular formula is C14H15N3O2. The van der Waals surface area contributed by atoms with Gasteiger partial charge in [0.1, 0.15) is 5.58 Å². The van der Waals surface area contributed by atoms with Crippen LogP contribution in [0.3, 0.4) is 0 Å². The number of nitriles is 1. The average molecular weight is 257 g/mol. The third kappa shape index (κ3) is 2.68. The van der Waals surface area contributed by atoms with E-state index in [0.29, 0.717) is 30.8 Å². The van der Waals surface area contributed by atoms with Gasteiger partial charge >= 0.3 is 0 Å². The molecule has 0 aliphatic rings. The van der Waals surface area contributed by atoms with Crippen molar-refractivity contribution in [3.8, 4) is 6.07 Å². The zero-order valence-corrected chi connectivity index (χ0v) is 10.7. The van der Waals surface area contributed by atoms with Crippen LogP contribution in [0.5, 0.6) is 0 Å². The van der Waals surface area contributed by atoms with Gasteiger partial charge in [0.25, 0.3) is 5.91 Å². The van der Waals surface area contributed by atoms with Crippen LogP contribution < -0.4 is 5.73 Å². The fourth-order valence-corrected chi connectivity index (χ4v) is 1.91. The van der Waals surface area contributed by atoms with E-state index in [9.17, 15) is 4.79 Å². The zero-order chi connectivity index (χ0) is 13.8. The van der Waals surface area contributed by atoms with Crippen LogP contribution in [-0.4, -0.2) is 23.9 Å². The van der Waals surface area contributed by atoms with Crippen molar-refractivity contribution in [2.45, 2.75) is 13.3 Å². The minimum Gasteiger partial charge on any atom is -0.451 e. The third-order valence-corrected chi connectivity index (χ3v) is 2.91. The Morgan fingerprint density at radius 3 is 2.95 bits per heavy atom. The molecule has 0 atom stereocenters. The van der Waals surface area contributed by atoms with E-state index in [-0.39, 0.29) is 11.7 Å². The minimum atomic E-state index is -0.201. The van der Waals surface area contributed by atoms with Crippen molar-refractivity contribution in [3.63, 3.8) is 0 Å². The number of hydrogen-bond donors (Lipinski definition) is 1. The number of nitrogens with two attached hydrogens (primary N) is 1. The van der Waals surface area contributed by atoms with E-state index in [2.05, 4.69) is 0 Å². The van der Waals surface area contributed by atoms with Crippen molar-refractivity contribution >= 4 is 22.6 Å². The molecule has 1 aromatic carbocycles. The molecule has 0 aliphatic carbocycles. The lowest BCUT2D eigenvalue weighted by molar-refractivity contribution is 0.0738. The summed E-state index contributed by atoms with van der Waals surface area (Å²) >= 11 is 0. The fourth-order valence-electron chi connectivity index (χ4n) is 1.91. The number of carbonyl (C=O) groups is 1. The van der Waals surface area contributed by atoms with Crippen molar-refractivity contribution in [1.29, 1.82) is 5.26 Å². The highest BCUT2D eigenvalue weighted by atomic mass is 16.3. The number of rotatable bonds is 4. The van der Waals surface area contributed by atoms with Crippen LogP contribution in [0, 0.1) is 11.3 Å². The monoisotopic (exact) mass is 257 g/mol. The molecule has 0 unspecified atom stereocenters. The van der Waals surface area contributed by atoms with Crippen LogP contribution in [0.2, 0.25) is 0 Å². The fraction of sp³-hybridized carbons (Fsp3) is 0.286. The second-order valence-electron chi connectivity index (χ2n) is 4.20. The minimum absolute atomic E-state index is 0.201. The van der Waals surface area contributed by atoms with E-state index in [1.165, 1.54) is 0 Å². The molecule has 5 heteroatoms. The Morgan fingerprint density at radius 1 is 1.47 bits per heavy atom. The van der Waals surface area contributed by atoms with Crippen LogP contribution in [0.25, 0.3) is 11.0 Å². The van der Waals surface area contributed by atoms with Crippen LogP contribution >= 0.6 is 0 Å². The van der Waals surface area contributed by atoms with Gasteiger partial charge in [-0.1, -0.05) is 0 Å². The quantitative estimate of drug-likeness (QED) is 0.852. The smallest absolute Gasteiger partial charge is 0.289 e. The molecule has 1 heterocycles. The Kier molecular flexibility index (Phi) is 3.71. The maximum Gasteiger partial charge on any atom is 0.289 e. The van der Waals surface area contributed by atoms with Gasteiger partial charge in [-0.3, -0.25) is 4.79 Å². The lowest BCUT2D eigenvalue weighted by Gasteiger charge is -2.17. The normalized spacial score (nSPS) is 10.3. The van der Waals surface area contributed by atoms with Gasteiger partial charge in [-0.2, -0.15) is 5.26 Å². The van der Waals surface area contributed by atoms with E-state index in [1.807, 2.05) is 13.0 Å². The lowest BCUT2D eigenvalue weighted by atomic mass is 10.2. The van der Waals surface area contributed by atoms with Crippen molar-refractivity contribution in [2.24, 2.45) is 0 Å². The van der Waals surface area contributed by atoms with Gasteiger partial charge in [0.2, 0.25) is 0 Å². The lowest BCUT2D eigenvalue weighted by Crippen LogP contribution is -2.31. The number of nitrogens with zero attached hydrogens (tertiary/aromatic N) is 2. The summed E-state index contributed by atoms with van der Waals surface area (Å²) in [6.07, 6.45) is 0.312. The largest absolute Gasteiger partial charge is 0.451 e. The third-order valence-electron chi connectivity index (χ3n) is 2.91. The highest BCUT2D eigenvalue weighted by Crippen LogP contribution is 2.22. The molecule has 0 saturated heterocycles. The summed E-state index contributed by atoms with van der Waals surface area (Å²) < 4.78 is 5.52. The number of hydrogen-bond acceptors (Lipinski definition) is 4. The Bertz CT molecular complexity index is 640. The van der Waals surface area contributed by atoms with Crippen LogP contribution in [0.4, 0.5) is 5.69 Å². The number of amides is 1. The zero-order valence-electron chi connectivity index (χ0n) is 10.7. The molecule has 1 aromatic heterocycles. The number of anilines is 1. The number of benzene rings is 1. The van der Waals surface area contributed by atoms with Crippen LogP contribution in [-0.2, 0) is 0 Å². The summed E-state index contributed by atoms with van der Waals surface area (Å²) in [5.41, 5.74) is 6.95. The Balaban J connectivity index is 2.27. The maximum atomic E-state index is 12.2. The standard InChI is InChI=1S/C14H15N3O2/c1-2-17(7-3-6-15)14(18)13-9-10-8-11(16)4-5-12(10)19-13/h4-5,8-9H,2-3,7,16H2,1H3. The predicted octanol–water partition coefficient (Wildman–Crippen LogP) is 2.39.